The SMILES string of the molecule is CN(C1CCC(N)CC1)S(=O)(=O)NC(C)(C)C. The maximum atomic E-state index is 12.1. The van der Waals surface area contributed by atoms with Gasteiger partial charge in [0.25, 0.3) is 10.2 Å². The molecule has 1 aliphatic rings. The molecule has 102 valence electrons. The summed E-state index contributed by atoms with van der Waals surface area (Å²) in [6.45, 7) is 5.53. The van der Waals surface area contributed by atoms with Gasteiger partial charge in [-0.1, -0.05) is 0 Å². The zero-order valence-electron chi connectivity index (χ0n) is 11.2. The van der Waals surface area contributed by atoms with E-state index >= 15 is 0 Å². The minimum absolute atomic E-state index is 0.0784. The molecule has 0 heterocycles. The standard InChI is InChI=1S/C11H25N3O2S/c1-11(2,3)13-17(15,16)14(4)10-7-5-9(12)6-8-10/h9-10,13H,5-8,12H2,1-4H3. The minimum atomic E-state index is -3.39. The third-order valence-corrected chi connectivity index (χ3v) is 5.00. The Kier molecular flexibility index (Phi) is 4.57. The lowest BCUT2D eigenvalue weighted by Crippen LogP contribution is -2.51. The predicted octanol–water partition coefficient (Wildman–Crippen LogP) is 0.821. The van der Waals surface area contributed by atoms with Gasteiger partial charge in [-0.25, -0.2) is 0 Å². The monoisotopic (exact) mass is 263 g/mol. The molecule has 0 amide bonds. The molecule has 0 aromatic carbocycles. The summed E-state index contributed by atoms with van der Waals surface area (Å²) in [5.74, 6) is 0. The summed E-state index contributed by atoms with van der Waals surface area (Å²) in [4.78, 5) is 0. The Morgan fingerprint density at radius 2 is 1.65 bits per heavy atom. The van der Waals surface area contributed by atoms with Crippen LogP contribution in [0.2, 0.25) is 0 Å². The van der Waals surface area contributed by atoms with Crippen molar-refractivity contribution in [2.45, 2.75) is 64.1 Å². The molecule has 1 fully saturated rings. The van der Waals surface area contributed by atoms with Crippen molar-refractivity contribution in [3.63, 3.8) is 0 Å². The molecule has 0 unspecified atom stereocenters. The maximum absolute atomic E-state index is 12.1. The van der Waals surface area contributed by atoms with Crippen LogP contribution < -0.4 is 10.5 Å². The molecule has 1 saturated carbocycles. The molecule has 3 N–H and O–H groups in total. The van der Waals surface area contributed by atoms with Crippen molar-refractivity contribution in [1.82, 2.24) is 9.03 Å². The molecule has 0 aliphatic heterocycles. The highest BCUT2D eigenvalue weighted by atomic mass is 32.2. The molecule has 6 heteroatoms. The van der Waals surface area contributed by atoms with Gasteiger partial charge in [-0.3, -0.25) is 0 Å². The summed E-state index contributed by atoms with van der Waals surface area (Å²) in [6.07, 6.45) is 3.51. The van der Waals surface area contributed by atoms with Crippen LogP contribution in [0.25, 0.3) is 0 Å². The van der Waals surface area contributed by atoms with Gasteiger partial charge in [0.15, 0.2) is 0 Å². The van der Waals surface area contributed by atoms with Gasteiger partial charge >= 0.3 is 0 Å². The van der Waals surface area contributed by atoms with Crippen molar-refractivity contribution >= 4 is 10.2 Å². The van der Waals surface area contributed by atoms with Gasteiger partial charge in [-0.15, -0.1) is 0 Å². The summed E-state index contributed by atoms with van der Waals surface area (Å²) in [5.41, 5.74) is 5.38. The van der Waals surface area contributed by atoms with Crippen LogP contribution in [-0.4, -0.2) is 37.4 Å². The first kappa shape index (κ1) is 14.9. The first-order chi connectivity index (χ1) is 7.62. The van der Waals surface area contributed by atoms with Crippen LogP contribution >= 0.6 is 0 Å². The molecule has 0 saturated heterocycles. The highest BCUT2D eigenvalue weighted by Gasteiger charge is 2.31. The molecule has 0 bridgehead atoms. The normalized spacial score (nSPS) is 27.4. The molecular formula is C11H25N3O2S. The van der Waals surface area contributed by atoms with Gasteiger partial charge in [0, 0.05) is 24.7 Å². The van der Waals surface area contributed by atoms with Gasteiger partial charge in [0.2, 0.25) is 0 Å². The smallest absolute Gasteiger partial charge is 0.279 e. The van der Waals surface area contributed by atoms with E-state index in [1.54, 1.807) is 7.05 Å². The van der Waals surface area contributed by atoms with Gasteiger partial charge in [0.05, 0.1) is 0 Å². The Balaban J connectivity index is 2.66. The van der Waals surface area contributed by atoms with E-state index in [2.05, 4.69) is 4.72 Å². The third-order valence-electron chi connectivity index (χ3n) is 3.07. The Bertz CT molecular complexity index is 340. The number of nitrogens with zero attached hydrogens (tertiary/aromatic N) is 1. The summed E-state index contributed by atoms with van der Waals surface area (Å²) in [5, 5.41) is 0. The van der Waals surface area contributed by atoms with Crippen LogP contribution in [0, 0.1) is 0 Å². The van der Waals surface area contributed by atoms with Crippen LogP contribution in [0.3, 0.4) is 0 Å². The molecule has 0 radical (unpaired) electrons. The van der Waals surface area contributed by atoms with Gasteiger partial charge in [-0.05, 0) is 46.5 Å². The Morgan fingerprint density at radius 1 is 1.18 bits per heavy atom. The van der Waals surface area contributed by atoms with Crippen molar-refractivity contribution in [3.05, 3.63) is 0 Å². The number of hydrogen-bond acceptors (Lipinski definition) is 3. The van der Waals surface area contributed by atoms with Crippen molar-refractivity contribution in [3.8, 4) is 0 Å². The predicted molar refractivity (Wildman–Crippen MR) is 69.8 cm³/mol. The quantitative estimate of drug-likeness (QED) is 0.791. The third kappa shape index (κ3) is 4.54. The average molecular weight is 263 g/mol. The van der Waals surface area contributed by atoms with E-state index in [4.69, 9.17) is 5.73 Å². The maximum Gasteiger partial charge on any atom is 0.279 e. The lowest BCUT2D eigenvalue weighted by atomic mass is 9.92. The first-order valence-corrected chi connectivity index (χ1v) is 7.58. The fourth-order valence-electron chi connectivity index (χ4n) is 2.12. The Hall–Kier alpha value is -0.170. The highest BCUT2D eigenvalue weighted by molar-refractivity contribution is 7.87. The number of rotatable bonds is 3. The molecule has 0 aromatic rings. The summed E-state index contributed by atoms with van der Waals surface area (Å²) in [7, 11) is -1.74. The van der Waals surface area contributed by atoms with Gasteiger partial charge in [-0.2, -0.15) is 17.4 Å². The molecule has 17 heavy (non-hydrogen) atoms. The van der Waals surface area contributed by atoms with Crippen molar-refractivity contribution in [1.29, 1.82) is 0 Å². The van der Waals surface area contributed by atoms with E-state index in [0.29, 0.717) is 0 Å². The average Bonchev–Trinajstić information content (AvgIpc) is 2.14. The topological polar surface area (TPSA) is 75.4 Å². The van der Waals surface area contributed by atoms with E-state index in [1.807, 2.05) is 20.8 Å². The fraction of sp³-hybridized carbons (Fsp3) is 1.00. The molecular weight excluding hydrogens is 238 g/mol. The molecule has 0 spiro atoms. The molecule has 1 aliphatic carbocycles. The van der Waals surface area contributed by atoms with Crippen LogP contribution in [0.15, 0.2) is 0 Å². The van der Waals surface area contributed by atoms with Crippen LogP contribution in [0.4, 0.5) is 0 Å². The zero-order valence-corrected chi connectivity index (χ0v) is 12.0. The van der Waals surface area contributed by atoms with E-state index in [0.717, 1.165) is 25.7 Å². The second-order valence-electron chi connectivity index (χ2n) is 5.94. The molecule has 1 rings (SSSR count). The summed E-state index contributed by atoms with van der Waals surface area (Å²) in [6, 6.07) is 0.313. The van der Waals surface area contributed by atoms with Crippen LogP contribution in [0.1, 0.15) is 46.5 Å². The van der Waals surface area contributed by atoms with E-state index in [9.17, 15) is 8.42 Å². The van der Waals surface area contributed by atoms with Gasteiger partial charge < -0.3 is 5.73 Å². The summed E-state index contributed by atoms with van der Waals surface area (Å²) < 4.78 is 28.4. The van der Waals surface area contributed by atoms with Crippen molar-refractivity contribution < 1.29 is 8.42 Å². The second kappa shape index (κ2) is 5.22. The highest BCUT2D eigenvalue weighted by Crippen LogP contribution is 2.23. The van der Waals surface area contributed by atoms with Crippen LogP contribution in [-0.2, 0) is 10.2 Å². The zero-order chi connectivity index (χ0) is 13.3. The van der Waals surface area contributed by atoms with E-state index < -0.39 is 15.7 Å². The fourth-order valence-corrected chi connectivity index (χ4v) is 3.64. The molecule has 5 nitrogen and oxygen atoms in total. The van der Waals surface area contributed by atoms with E-state index in [1.165, 1.54) is 4.31 Å². The molecule has 0 aromatic heterocycles. The van der Waals surface area contributed by atoms with Gasteiger partial charge in [0.1, 0.15) is 0 Å². The number of hydrogen-bond donors (Lipinski definition) is 2. The summed E-state index contributed by atoms with van der Waals surface area (Å²) >= 11 is 0. The largest absolute Gasteiger partial charge is 0.328 e. The van der Waals surface area contributed by atoms with E-state index in [-0.39, 0.29) is 12.1 Å². The lowest BCUT2D eigenvalue weighted by Gasteiger charge is -2.34. The second-order valence-corrected chi connectivity index (χ2v) is 7.67. The number of nitrogens with two attached hydrogens (primary N) is 1. The number of nitrogens with one attached hydrogen (secondary N) is 1. The lowest BCUT2D eigenvalue weighted by molar-refractivity contribution is 0.263. The first-order valence-electron chi connectivity index (χ1n) is 6.14. The van der Waals surface area contributed by atoms with Crippen molar-refractivity contribution in [2.24, 2.45) is 5.73 Å². The Morgan fingerprint density at radius 3 is 2.06 bits per heavy atom. The van der Waals surface area contributed by atoms with Crippen LogP contribution in [0.5, 0.6) is 0 Å². The Labute approximate surface area is 105 Å². The van der Waals surface area contributed by atoms with Crippen molar-refractivity contribution in [2.75, 3.05) is 7.05 Å². The molecule has 0 atom stereocenters. The minimum Gasteiger partial charge on any atom is -0.328 e.